The van der Waals surface area contributed by atoms with Crippen LogP contribution in [0.5, 0.6) is 0 Å². The lowest BCUT2D eigenvalue weighted by Crippen LogP contribution is -2.26. The number of fused-ring (bicyclic) bond motifs is 1. The van der Waals surface area contributed by atoms with Gasteiger partial charge in [0.2, 0.25) is 0 Å². The van der Waals surface area contributed by atoms with Gasteiger partial charge in [-0.2, -0.15) is 0 Å². The molecular weight excluding hydrogens is 471 g/mol. The highest BCUT2D eigenvalue weighted by molar-refractivity contribution is 7.90. The van der Waals surface area contributed by atoms with Crippen molar-refractivity contribution in [3.63, 3.8) is 0 Å². The molecule has 0 amide bonds. The van der Waals surface area contributed by atoms with Crippen molar-refractivity contribution in [2.75, 3.05) is 11.6 Å². The maximum Gasteiger partial charge on any atom is 0.309 e. The first-order valence-electron chi connectivity index (χ1n) is 12.1. The number of hydrogen-bond donors (Lipinski definition) is 1. The number of anilines is 2. The molecule has 10 heteroatoms. The molecule has 0 aliphatic heterocycles. The van der Waals surface area contributed by atoms with Crippen molar-refractivity contribution >= 4 is 33.0 Å². The monoisotopic (exact) mass is 500 g/mol. The van der Waals surface area contributed by atoms with Crippen molar-refractivity contribution in [1.82, 2.24) is 14.4 Å². The van der Waals surface area contributed by atoms with E-state index in [1.54, 1.807) is 6.20 Å². The Labute approximate surface area is 203 Å². The number of hydrogen-bond acceptors (Lipinski definition) is 7. The average molecular weight is 501 g/mol. The molecule has 2 saturated carbocycles. The fourth-order valence-corrected chi connectivity index (χ4v) is 5.81. The first-order chi connectivity index (χ1) is 16.8. The van der Waals surface area contributed by atoms with Crippen molar-refractivity contribution in [3.8, 4) is 0 Å². The van der Waals surface area contributed by atoms with Crippen LogP contribution in [0.1, 0.15) is 63.0 Å². The highest BCUT2D eigenvalue weighted by Crippen LogP contribution is 2.38. The molecule has 3 aromatic rings. The number of aromatic nitrogens is 3. The van der Waals surface area contributed by atoms with E-state index in [-0.39, 0.29) is 34.5 Å². The zero-order chi connectivity index (χ0) is 24.6. The second-order valence-corrected chi connectivity index (χ2v) is 11.6. The smallest absolute Gasteiger partial charge is 0.309 e. The van der Waals surface area contributed by atoms with E-state index in [1.807, 2.05) is 16.8 Å². The number of carbonyl (C=O) groups is 1. The molecule has 0 atom stereocenters. The molecule has 0 unspecified atom stereocenters. The van der Waals surface area contributed by atoms with Crippen molar-refractivity contribution in [2.24, 2.45) is 5.92 Å². The summed E-state index contributed by atoms with van der Waals surface area (Å²) in [5, 5.41) is 2.94. The van der Waals surface area contributed by atoms with E-state index >= 15 is 0 Å². The molecule has 0 bridgehead atoms. The quantitative estimate of drug-likeness (QED) is 0.486. The van der Waals surface area contributed by atoms with E-state index < -0.39 is 15.7 Å². The lowest BCUT2D eigenvalue weighted by Gasteiger charge is -2.28. The second-order valence-electron chi connectivity index (χ2n) is 9.58. The Morgan fingerprint density at radius 1 is 1.11 bits per heavy atom. The van der Waals surface area contributed by atoms with E-state index in [0.717, 1.165) is 69.4 Å². The lowest BCUT2D eigenvalue weighted by molar-refractivity contribution is -0.155. The van der Waals surface area contributed by atoms with Crippen molar-refractivity contribution in [3.05, 3.63) is 48.3 Å². The predicted octanol–water partition coefficient (Wildman–Crippen LogP) is 4.78. The van der Waals surface area contributed by atoms with Crippen molar-refractivity contribution in [1.29, 1.82) is 0 Å². The predicted molar refractivity (Wildman–Crippen MR) is 129 cm³/mol. The molecule has 1 aromatic carbocycles. The lowest BCUT2D eigenvalue weighted by atomic mass is 9.80. The van der Waals surface area contributed by atoms with Gasteiger partial charge in [-0.1, -0.05) is 0 Å². The molecule has 186 valence electrons. The zero-order valence-electron chi connectivity index (χ0n) is 19.6. The van der Waals surface area contributed by atoms with Gasteiger partial charge in [-0.15, -0.1) is 0 Å². The summed E-state index contributed by atoms with van der Waals surface area (Å²) < 4.78 is 45.6. The number of esters is 1. The zero-order valence-corrected chi connectivity index (χ0v) is 20.4. The van der Waals surface area contributed by atoms with Gasteiger partial charge >= 0.3 is 5.97 Å². The van der Waals surface area contributed by atoms with Crippen LogP contribution in [0, 0.1) is 11.7 Å². The van der Waals surface area contributed by atoms with Gasteiger partial charge in [0.05, 0.1) is 16.5 Å². The van der Waals surface area contributed by atoms with Gasteiger partial charge in [-0.25, -0.2) is 22.8 Å². The molecule has 2 heterocycles. The Balaban J connectivity index is 1.29. The number of nitrogens with zero attached hydrogens (tertiary/aromatic N) is 3. The van der Waals surface area contributed by atoms with Crippen LogP contribution in [-0.2, 0) is 19.4 Å². The van der Waals surface area contributed by atoms with E-state index in [2.05, 4.69) is 15.3 Å². The fourth-order valence-electron chi connectivity index (χ4n) is 5.18. The molecule has 0 spiro atoms. The van der Waals surface area contributed by atoms with Crippen LogP contribution in [0.4, 0.5) is 15.9 Å². The Morgan fingerprint density at radius 2 is 1.86 bits per heavy atom. The summed E-state index contributed by atoms with van der Waals surface area (Å²) in [6.07, 6.45) is 14.0. The normalized spacial score (nSPS) is 21.3. The molecule has 2 aromatic heterocycles. The molecule has 2 aliphatic rings. The molecule has 1 N–H and O–H groups in total. The van der Waals surface area contributed by atoms with Gasteiger partial charge in [-0.3, -0.25) is 9.20 Å². The number of sulfone groups is 1. The topological polar surface area (TPSA) is 103 Å². The number of ether oxygens (including phenoxy) is 1. The number of carbonyl (C=O) groups excluding carboxylic acids is 1. The second kappa shape index (κ2) is 9.56. The summed E-state index contributed by atoms with van der Waals surface area (Å²) >= 11 is 0. The van der Waals surface area contributed by atoms with Crippen LogP contribution in [0.25, 0.3) is 5.65 Å². The number of nitrogens with one attached hydrogen (secondary N) is 1. The average Bonchev–Trinajstić information content (AvgIpc) is 3.50. The maximum absolute atomic E-state index is 14.6. The molecule has 35 heavy (non-hydrogen) atoms. The van der Waals surface area contributed by atoms with E-state index in [9.17, 15) is 17.6 Å². The highest BCUT2D eigenvalue weighted by Gasteiger charge is 2.31. The third kappa shape index (κ3) is 5.03. The molecule has 0 saturated heterocycles. The van der Waals surface area contributed by atoms with E-state index in [4.69, 9.17) is 4.74 Å². The molecule has 2 aliphatic carbocycles. The summed E-state index contributed by atoms with van der Waals surface area (Å²) in [4.78, 5) is 21.3. The number of benzene rings is 1. The Hall–Kier alpha value is -3.01. The van der Waals surface area contributed by atoms with E-state index in [1.165, 1.54) is 12.1 Å². The summed E-state index contributed by atoms with van der Waals surface area (Å²) in [6.45, 7) is 0. The molecule has 2 fully saturated rings. The minimum absolute atomic E-state index is 0.0391. The highest BCUT2D eigenvalue weighted by atomic mass is 32.2. The molecule has 0 radical (unpaired) electrons. The largest absolute Gasteiger partial charge is 0.462 e. The maximum atomic E-state index is 14.6. The summed E-state index contributed by atoms with van der Waals surface area (Å²) in [5.41, 5.74) is 1.70. The molecule has 5 rings (SSSR count). The fraction of sp³-hybridized carbons (Fsp3) is 0.480. The van der Waals surface area contributed by atoms with Crippen molar-refractivity contribution in [2.45, 2.75) is 68.3 Å². The standard InChI is InChI=1S/C25H29FN4O4S/c1-35(32,33)19-10-11-21(20(26)14-19)29-23-24-28-15-22(30(24)13-12-27-23)16-6-8-17(9-7-16)25(31)34-18-4-2-3-5-18/h10-18H,2-9H2,1H3,(H,27,29). The van der Waals surface area contributed by atoms with Gasteiger partial charge in [0, 0.05) is 36.5 Å². The van der Waals surface area contributed by atoms with Gasteiger partial charge < -0.3 is 10.1 Å². The van der Waals surface area contributed by atoms with E-state index in [0.29, 0.717) is 11.5 Å². The number of imidazole rings is 1. The van der Waals surface area contributed by atoms with Crippen LogP contribution < -0.4 is 5.32 Å². The van der Waals surface area contributed by atoms with Crippen molar-refractivity contribution < 1.29 is 22.3 Å². The number of rotatable bonds is 6. The Bertz CT molecular complexity index is 1340. The summed E-state index contributed by atoms with van der Waals surface area (Å²) in [6, 6.07) is 3.73. The van der Waals surface area contributed by atoms with Crippen LogP contribution in [-0.4, -0.2) is 41.1 Å². The Morgan fingerprint density at radius 3 is 2.54 bits per heavy atom. The third-order valence-corrected chi connectivity index (χ3v) is 8.25. The SMILES string of the molecule is CS(=O)(=O)c1ccc(Nc2nccn3c(C4CCC(C(=O)OC5CCCC5)CC4)cnc23)c(F)c1. The minimum atomic E-state index is -3.50. The van der Waals surface area contributed by atoms with Crippen LogP contribution in [0.3, 0.4) is 0 Å². The van der Waals surface area contributed by atoms with Gasteiger partial charge in [0.1, 0.15) is 11.9 Å². The molecule has 8 nitrogen and oxygen atoms in total. The van der Waals surface area contributed by atoms with Gasteiger partial charge in [0.15, 0.2) is 21.3 Å². The molecular formula is C25H29FN4O4S. The van der Waals surface area contributed by atoms with Crippen LogP contribution in [0.2, 0.25) is 0 Å². The third-order valence-electron chi connectivity index (χ3n) is 7.14. The number of halogens is 1. The van der Waals surface area contributed by atoms with Crippen LogP contribution in [0.15, 0.2) is 41.7 Å². The van der Waals surface area contributed by atoms with Crippen LogP contribution >= 0.6 is 0 Å². The minimum Gasteiger partial charge on any atom is -0.462 e. The Kier molecular flexibility index (Phi) is 6.48. The first-order valence-corrected chi connectivity index (χ1v) is 14.0. The van der Waals surface area contributed by atoms with Gasteiger partial charge in [-0.05, 0) is 69.6 Å². The summed E-state index contributed by atoms with van der Waals surface area (Å²) in [7, 11) is -3.50. The van der Waals surface area contributed by atoms with Gasteiger partial charge in [0.25, 0.3) is 0 Å². The first kappa shape index (κ1) is 23.7. The summed E-state index contributed by atoms with van der Waals surface area (Å²) in [5.74, 6) is -0.151.